The van der Waals surface area contributed by atoms with Gasteiger partial charge in [0.2, 0.25) is 21.9 Å². The molecule has 1 aliphatic carbocycles. The fourth-order valence-electron chi connectivity index (χ4n) is 3.41. The third-order valence-corrected chi connectivity index (χ3v) is 9.12. The van der Waals surface area contributed by atoms with E-state index in [0.717, 1.165) is 11.8 Å². The molecule has 204 valence electrons. The topological polar surface area (TPSA) is 159 Å². The van der Waals surface area contributed by atoms with Crippen molar-refractivity contribution in [3.05, 3.63) is 65.6 Å². The van der Waals surface area contributed by atoms with E-state index in [9.17, 15) is 26.0 Å². The summed E-state index contributed by atoms with van der Waals surface area (Å²) in [4.78, 5) is 19.6. The summed E-state index contributed by atoms with van der Waals surface area (Å²) in [6.45, 7) is 3.30. The van der Waals surface area contributed by atoms with Crippen LogP contribution in [0.2, 0.25) is 0 Å². The van der Waals surface area contributed by atoms with Gasteiger partial charge in [-0.15, -0.1) is 0 Å². The molecule has 15 heteroatoms. The number of aromatic nitrogens is 2. The Morgan fingerprint density at radius 2 is 1.72 bits per heavy atom. The molecule has 1 amide bonds. The summed E-state index contributed by atoms with van der Waals surface area (Å²) in [5, 5.41) is 5.40. The van der Waals surface area contributed by atoms with Gasteiger partial charge in [0, 0.05) is 24.3 Å². The number of nitrogens with zero attached hydrogens (tertiary/aromatic N) is 2. The number of carbonyl (C=O) groups excluding carboxylic acids is 1. The average Bonchev–Trinajstić information content (AvgIpc) is 3.73. The van der Waals surface area contributed by atoms with Gasteiger partial charge >= 0.3 is 29.6 Å². The first-order valence-corrected chi connectivity index (χ1v) is 14.8. The van der Waals surface area contributed by atoms with Crippen LogP contribution in [0.5, 0.6) is 0 Å². The Morgan fingerprint density at radius 3 is 2.36 bits per heavy atom. The molecule has 1 heterocycles. The molecule has 0 bridgehead atoms. The van der Waals surface area contributed by atoms with Crippen molar-refractivity contribution in [2.45, 2.75) is 49.8 Å². The Morgan fingerprint density at radius 1 is 1.05 bits per heavy atom. The Bertz CT molecular complexity index is 1570. The Kier molecular flexibility index (Phi) is 10.1. The van der Waals surface area contributed by atoms with Crippen LogP contribution in [0.15, 0.2) is 53.6 Å². The van der Waals surface area contributed by atoms with Crippen LogP contribution in [0, 0.1) is 12.7 Å². The van der Waals surface area contributed by atoms with Gasteiger partial charge in [0.1, 0.15) is 0 Å². The fourth-order valence-corrected chi connectivity index (χ4v) is 6.10. The van der Waals surface area contributed by atoms with E-state index in [1.54, 1.807) is 50.2 Å². The van der Waals surface area contributed by atoms with Gasteiger partial charge in [0.15, 0.2) is 11.6 Å². The van der Waals surface area contributed by atoms with Crippen molar-refractivity contribution in [3.63, 3.8) is 0 Å². The van der Waals surface area contributed by atoms with Crippen LogP contribution in [0.25, 0.3) is 0 Å². The molecule has 4 N–H and O–H groups in total. The number of rotatable bonds is 11. The smallest absolute Gasteiger partial charge is 1.00 e. The summed E-state index contributed by atoms with van der Waals surface area (Å²) in [5.41, 5.74) is 2.00. The SMILES string of the molecule is CCC(=O)NS(=O)(=O)c1cc(Nc2ncc(F)c(Nc3ccc(CNS(=O)(=O)C4CC4)cc3)n2)ccc1C.[H-].[Na+]. The summed E-state index contributed by atoms with van der Waals surface area (Å²) in [6.07, 6.45) is 2.34. The van der Waals surface area contributed by atoms with Crippen molar-refractivity contribution in [2.24, 2.45) is 0 Å². The molecular weight excluding hydrogens is 558 g/mol. The molecule has 4 rings (SSSR count). The van der Waals surface area contributed by atoms with Crippen LogP contribution in [0.3, 0.4) is 0 Å². The molecular formula is C24H28FN6NaO5S2. The van der Waals surface area contributed by atoms with Gasteiger partial charge in [-0.3, -0.25) is 4.79 Å². The zero-order chi connectivity index (χ0) is 27.5. The van der Waals surface area contributed by atoms with Gasteiger partial charge in [0.25, 0.3) is 10.0 Å². The van der Waals surface area contributed by atoms with Gasteiger partial charge in [-0.05, 0) is 55.2 Å². The van der Waals surface area contributed by atoms with E-state index >= 15 is 0 Å². The van der Waals surface area contributed by atoms with E-state index in [-0.39, 0.29) is 65.9 Å². The third kappa shape index (κ3) is 8.19. The predicted octanol–water partition coefficient (Wildman–Crippen LogP) is 0.325. The van der Waals surface area contributed by atoms with Crippen molar-refractivity contribution in [1.29, 1.82) is 0 Å². The number of benzene rings is 2. The molecule has 0 aliphatic heterocycles. The van der Waals surface area contributed by atoms with Gasteiger partial charge in [0.05, 0.1) is 16.3 Å². The second-order valence-corrected chi connectivity index (χ2v) is 12.5. The second-order valence-electron chi connectivity index (χ2n) is 8.77. The van der Waals surface area contributed by atoms with Crippen molar-refractivity contribution in [3.8, 4) is 0 Å². The van der Waals surface area contributed by atoms with Gasteiger partial charge in [-0.25, -0.2) is 35.7 Å². The molecule has 0 atom stereocenters. The maximum atomic E-state index is 14.4. The van der Waals surface area contributed by atoms with E-state index in [4.69, 9.17) is 0 Å². The molecule has 11 nitrogen and oxygen atoms in total. The van der Waals surface area contributed by atoms with Crippen molar-refractivity contribution < 1.29 is 57.0 Å². The molecule has 1 aliphatic rings. The maximum Gasteiger partial charge on any atom is 1.00 e. The first kappa shape index (κ1) is 30.9. The quantitative estimate of drug-likeness (QED) is 0.232. The first-order valence-electron chi connectivity index (χ1n) is 11.8. The van der Waals surface area contributed by atoms with Gasteiger partial charge < -0.3 is 12.1 Å². The Hall–Kier alpha value is -2.62. The van der Waals surface area contributed by atoms with E-state index in [2.05, 4.69) is 25.3 Å². The normalized spacial score (nSPS) is 13.3. The number of aryl methyl sites for hydroxylation is 1. The number of amides is 1. The molecule has 0 spiro atoms. The standard InChI is InChI=1S/C24H27FN6O5S2.Na.H/c1-3-22(32)31-38(35,36)21-12-18(7-4-15(21)2)29-24-26-14-20(25)23(30-24)28-17-8-5-16(6-9-17)13-27-37(33,34)19-10-11-19;;/h4-9,12,14,19,27H,3,10-11,13H2,1-2H3,(H,31,32)(H2,26,28,29,30);;/q;+1;-1. The third-order valence-electron chi connectivity index (χ3n) is 5.70. The minimum Gasteiger partial charge on any atom is -1.00 e. The van der Waals surface area contributed by atoms with Crippen molar-refractivity contribution >= 4 is 49.1 Å². The number of hydrogen-bond donors (Lipinski definition) is 4. The second kappa shape index (κ2) is 12.7. The number of anilines is 4. The molecule has 0 saturated heterocycles. The number of hydrogen-bond acceptors (Lipinski definition) is 9. The average molecular weight is 587 g/mol. The van der Waals surface area contributed by atoms with E-state index in [1.807, 2.05) is 4.72 Å². The van der Waals surface area contributed by atoms with Crippen LogP contribution in [-0.2, 0) is 31.4 Å². The Labute approximate surface area is 250 Å². The van der Waals surface area contributed by atoms with Gasteiger partial charge in [-0.1, -0.05) is 25.1 Å². The van der Waals surface area contributed by atoms with Crippen molar-refractivity contribution in [2.75, 3.05) is 10.6 Å². The number of sulfonamides is 2. The van der Waals surface area contributed by atoms with Crippen LogP contribution in [-0.4, -0.2) is 38.0 Å². The van der Waals surface area contributed by atoms with Crippen molar-refractivity contribution in [1.82, 2.24) is 19.4 Å². The Balaban J connectivity index is 0.00000280. The van der Waals surface area contributed by atoms with Gasteiger partial charge in [-0.2, -0.15) is 4.98 Å². The number of nitrogens with one attached hydrogen (secondary N) is 4. The van der Waals surface area contributed by atoms with E-state index in [1.165, 1.54) is 6.07 Å². The number of halogens is 1. The largest absolute Gasteiger partial charge is 1.00 e. The number of carbonyl (C=O) groups is 1. The monoisotopic (exact) mass is 586 g/mol. The molecule has 1 saturated carbocycles. The summed E-state index contributed by atoms with van der Waals surface area (Å²) in [5.74, 6) is -1.47. The summed E-state index contributed by atoms with van der Waals surface area (Å²) in [6, 6.07) is 11.2. The predicted molar refractivity (Wildman–Crippen MR) is 142 cm³/mol. The molecule has 39 heavy (non-hydrogen) atoms. The van der Waals surface area contributed by atoms with Crippen LogP contribution in [0.4, 0.5) is 27.5 Å². The summed E-state index contributed by atoms with van der Waals surface area (Å²) < 4.78 is 68.2. The summed E-state index contributed by atoms with van der Waals surface area (Å²) in [7, 11) is -7.37. The summed E-state index contributed by atoms with van der Waals surface area (Å²) >= 11 is 0. The first-order chi connectivity index (χ1) is 18.0. The van der Waals surface area contributed by atoms with E-state index in [0.29, 0.717) is 29.8 Å². The zero-order valence-electron chi connectivity index (χ0n) is 22.7. The molecule has 0 unspecified atom stereocenters. The van der Waals surface area contributed by atoms with Crippen LogP contribution >= 0.6 is 0 Å². The minimum absolute atomic E-state index is 0. The maximum absolute atomic E-state index is 14.4. The van der Waals surface area contributed by atoms with E-state index < -0.39 is 31.8 Å². The molecule has 1 aromatic heterocycles. The molecule has 0 radical (unpaired) electrons. The molecule has 1 fully saturated rings. The molecule has 3 aromatic rings. The fraction of sp³-hybridized carbons (Fsp3) is 0.292. The van der Waals surface area contributed by atoms with Crippen LogP contribution in [0.1, 0.15) is 38.7 Å². The van der Waals surface area contributed by atoms with Crippen LogP contribution < -0.4 is 49.6 Å². The zero-order valence-corrected chi connectivity index (χ0v) is 25.3. The minimum atomic E-state index is -4.08. The molecule has 2 aromatic carbocycles.